The number of quaternary nitrogens is 2. The van der Waals surface area contributed by atoms with E-state index >= 15 is 0 Å². The Morgan fingerprint density at radius 3 is 2.78 bits per heavy atom. The normalized spacial score (nSPS) is 18.6. The van der Waals surface area contributed by atoms with Crippen molar-refractivity contribution < 1.29 is 20.1 Å². The van der Waals surface area contributed by atoms with E-state index in [-0.39, 0.29) is 6.10 Å². The minimum Gasteiger partial charge on any atom is -0.490 e. The van der Waals surface area contributed by atoms with Gasteiger partial charge < -0.3 is 20.1 Å². The maximum atomic E-state index is 10.00. The van der Waals surface area contributed by atoms with Crippen LogP contribution in [0.3, 0.4) is 0 Å². The topological polar surface area (TPSA) is 50.5 Å². The van der Waals surface area contributed by atoms with Crippen LogP contribution in [-0.2, 0) is 0 Å². The van der Waals surface area contributed by atoms with E-state index in [1.165, 1.54) is 18.0 Å². The molecule has 1 aromatic rings. The number of para-hydroxylation sites is 1. The molecule has 100 valence electrons. The monoisotopic (exact) mass is 252 g/mol. The van der Waals surface area contributed by atoms with Gasteiger partial charge >= 0.3 is 0 Å². The van der Waals surface area contributed by atoms with Crippen molar-refractivity contribution in [2.75, 3.05) is 39.3 Å². The molecule has 1 fully saturated rings. The van der Waals surface area contributed by atoms with Crippen molar-refractivity contribution in [2.45, 2.75) is 13.0 Å². The summed E-state index contributed by atoms with van der Waals surface area (Å²) >= 11 is 0. The lowest BCUT2D eigenvalue weighted by atomic mass is 10.2. The van der Waals surface area contributed by atoms with Gasteiger partial charge in [-0.1, -0.05) is 18.2 Å². The first kappa shape index (κ1) is 13.3. The molecule has 0 spiro atoms. The number of ether oxygens (including phenoxy) is 1. The van der Waals surface area contributed by atoms with Crippen LogP contribution in [0.5, 0.6) is 5.75 Å². The fourth-order valence-electron chi connectivity index (χ4n) is 2.38. The van der Waals surface area contributed by atoms with E-state index in [0.29, 0.717) is 6.61 Å². The van der Waals surface area contributed by atoms with Gasteiger partial charge in [-0.2, -0.15) is 0 Å². The van der Waals surface area contributed by atoms with Crippen LogP contribution in [0.1, 0.15) is 5.56 Å². The number of aliphatic hydroxyl groups excluding tert-OH is 1. The number of nitrogens with one attached hydrogen (secondary N) is 1. The molecule has 4 N–H and O–H groups in total. The second-order valence-electron chi connectivity index (χ2n) is 5.05. The Balaban J connectivity index is 1.74. The van der Waals surface area contributed by atoms with E-state index < -0.39 is 0 Å². The number of aryl methyl sites for hydroxylation is 1. The largest absolute Gasteiger partial charge is 0.490 e. The Bertz CT molecular complexity index is 365. The predicted octanol–water partition coefficient (Wildman–Crippen LogP) is -1.80. The van der Waals surface area contributed by atoms with Crippen LogP contribution in [0.4, 0.5) is 0 Å². The third-order valence-electron chi connectivity index (χ3n) is 3.45. The Hall–Kier alpha value is -1.10. The smallest absolute Gasteiger partial charge is 0.137 e. The minimum absolute atomic E-state index is 0.377. The molecular formula is C14H24N2O2+2. The zero-order valence-corrected chi connectivity index (χ0v) is 11.1. The molecule has 1 heterocycles. The van der Waals surface area contributed by atoms with Crippen molar-refractivity contribution in [1.82, 2.24) is 0 Å². The third kappa shape index (κ3) is 3.98. The van der Waals surface area contributed by atoms with Gasteiger partial charge in [-0.25, -0.2) is 0 Å². The summed E-state index contributed by atoms with van der Waals surface area (Å²) in [6, 6.07) is 7.92. The molecule has 1 aliphatic rings. The maximum Gasteiger partial charge on any atom is 0.137 e. The van der Waals surface area contributed by atoms with Crippen LogP contribution in [-0.4, -0.2) is 50.5 Å². The lowest BCUT2D eigenvalue weighted by molar-refractivity contribution is -0.949. The fraction of sp³-hybridized carbons (Fsp3) is 0.571. The molecule has 0 unspecified atom stereocenters. The molecule has 0 bridgehead atoms. The summed E-state index contributed by atoms with van der Waals surface area (Å²) in [5.74, 6) is 0.874. The van der Waals surface area contributed by atoms with Gasteiger partial charge in [0.05, 0.1) is 0 Å². The number of benzene rings is 1. The van der Waals surface area contributed by atoms with Crippen molar-refractivity contribution >= 4 is 0 Å². The number of hydrogen-bond acceptors (Lipinski definition) is 2. The molecule has 0 amide bonds. The second-order valence-corrected chi connectivity index (χ2v) is 5.05. The molecule has 1 aliphatic heterocycles. The molecule has 4 nitrogen and oxygen atoms in total. The second kappa shape index (κ2) is 6.73. The van der Waals surface area contributed by atoms with Crippen LogP contribution in [0, 0.1) is 6.92 Å². The van der Waals surface area contributed by atoms with Crippen molar-refractivity contribution in [2.24, 2.45) is 0 Å². The van der Waals surface area contributed by atoms with Gasteiger partial charge in [0, 0.05) is 0 Å². The van der Waals surface area contributed by atoms with Gasteiger partial charge in [0.25, 0.3) is 0 Å². The number of nitrogens with two attached hydrogens (primary N) is 1. The van der Waals surface area contributed by atoms with E-state index in [4.69, 9.17) is 4.74 Å². The third-order valence-corrected chi connectivity index (χ3v) is 3.45. The van der Waals surface area contributed by atoms with Crippen LogP contribution < -0.4 is 15.0 Å². The molecule has 0 aliphatic carbocycles. The lowest BCUT2D eigenvalue weighted by Crippen LogP contribution is -3.21. The number of aliphatic hydroxyl groups is 1. The van der Waals surface area contributed by atoms with Gasteiger partial charge in [-0.15, -0.1) is 0 Å². The predicted molar refractivity (Wildman–Crippen MR) is 69.9 cm³/mol. The molecule has 0 saturated carbocycles. The summed E-state index contributed by atoms with van der Waals surface area (Å²) in [6.45, 7) is 7.81. The standard InChI is InChI=1S/C14H22N2O2/c1-12-4-2-3-5-14(12)18-11-13(17)10-16-8-6-15-7-9-16/h2-5,13,15,17H,6-11H2,1H3/p+2/t13-/m1/s1. The summed E-state index contributed by atoms with van der Waals surface area (Å²) in [5, 5.41) is 12.3. The first-order valence-corrected chi connectivity index (χ1v) is 6.77. The summed E-state index contributed by atoms with van der Waals surface area (Å²) in [6.07, 6.45) is -0.377. The molecule has 4 heteroatoms. The Kier molecular flexibility index (Phi) is 4.99. The SMILES string of the molecule is Cc1ccccc1OC[C@H](O)C[NH+]1CC[NH2+]CC1. The lowest BCUT2D eigenvalue weighted by Gasteiger charge is -2.24. The molecule has 0 radical (unpaired) electrons. The average Bonchev–Trinajstić information content (AvgIpc) is 2.39. The number of hydrogen-bond donors (Lipinski definition) is 3. The van der Waals surface area contributed by atoms with E-state index in [0.717, 1.165) is 30.9 Å². The summed E-state index contributed by atoms with van der Waals surface area (Å²) in [5.41, 5.74) is 1.12. The quantitative estimate of drug-likeness (QED) is 0.579. The van der Waals surface area contributed by atoms with Crippen LogP contribution >= 0.6 is 0 Å². The fourth-order valence-corrected chi connectivity index (χ4v) is 2.38. The van der Waals surface area contributed by atoms with E-state index in [9.17, 15) is 5.11 Å². The van der Waals surface area contributed by atoms with Gasteiger partial charge in [0.1, 0.15) is 51.2 Å². The van der Waals surface area contributed by atoms with E-state index in [1.807, 2.05) is 31.2 Å². The van der Waals surface area contributed by atoms with E-state index in [1.54, 1.807) is 0 Å². The van der Waals surface area contributed by atoms with Gasteiger partial charge in [0.15, 0.2) is 0 Å². The Morgan fingerprint density at radius 2 is 2.06 bits per heavy atom. The first-order chi connectivity index (χ1) is 8.75. The Morgan fingerprint density at radius 1 is 1.33 bits per heavy atom. The van der Waals surface area contributed by atoms with Gasteiger partial charge in [-0.3, -0.25) is 0 Å². The zero-order chi connectivity index (χ0) is 12.8. The first-order valence-electron chi connectivity index (χ1n) is 6.77. The zero-order valence-electron chi connectivity index (χ0n) is 11.1. The Labute approximate surface area is 109 Å². The van der Waals surface area contributed by atoms with Gasteiger partial charge in [0.2, 0.25) is 0 Å². The van der Waals surface area contributed by atoms with Crippen LogP contribution in [0.2, 0.25) is 0 Å². The van der Waals surface area contributed by atoms with Crippen LogP contribution in [0.15, 0.2) is 24.3 Å². The van der Waals surface area contributed by atoms with Crippen molar-refractivity contribution in [3.8, 4) is 5.75 Å². The van der Waals surface area contributed by atoms with Crippen molar-refractivity contribution in [3.63, 3.8) is 0 Å². The molecular weight excluding hydrogens is 228 g/mol. The minimum atomic E-state index is -0.377. The maximum absolute atomic E-state index is 10.00. The number of piperazine rings is 1. The molecule has 1 aromatic carbocycles. The summed E-state index contributed by atoms with van der Waals surface area (Å²) in [7, 11) is 0. The van der Waals surface area contributed by atoms with Crippen molar-refractivity contribution in [3.05, 3.63) is 29.8 Å². The molecule has 1 saturated heterocycles. The molecule has 18 heavy (non-hydrogen) atoms. The van der Waals surface area contributed by atoms with Crippen LogP contribution in [0.25, 0.3) is 0 Å². The highest BCUT2D eigenvalue weighted by atomic mass is 16.5. The molecule has 2 rings (SSSR count). The highest BCUT2D eigenvalue weighted by Crippen LogP contribution is 2.15. The molecule has 0 aromatic heterocycles. The summed E-state index contributed by atoms with van der Waals surface area (Å²) < 4.78 is 5.67. The van der Waals surface area contributed by atoms with Crippen molar-refractivity contribution in [1.29, 1.82) is 0 Å². The highest BCUT2D eigenvalue weighted by molar-refractivity contribution is 5.31. The highest BCUT2D eigenvalue weighted by Gasteiger charge is 2.19. The molecule has 1 atom stereocenters. The number of rotatable bonds is 5. The van der Waals surface area contributed by atoms with E-state index in [2.05, 4.69) is 5.32 Å². The average molecular weight is 252 g/mol. The van der Waals surface area contributed by atoms with Gasteiger partial charge in [-0.05, 0) is 18.6 Å². The summed E-state index contributed by atoms with van der Waals surface area (Å²) in [4.78, 5) is 1.48.